The summed E-state index contributed by atoms with van der Waals surface area (Å²) in [4.78, 5) is 19.2. The summed E-state index contributed by atoms with van der Waals surface area (Å²) in [6.07, 6.45) is -3.22. The Morgan fingerprint density at radius 1 is 1.21 bits per heavy atom. The molecule has 1 aliphatic rings. The second kappa shape index (κ2) is 9.68. The number of hydrogen-bond acceptors (Lipinski definition) is 6. The Bertz CT molecular complexity index is 1190. The zero-order valence-electron chi connectivity index (χ0n) is 17.9. The first-order chi connectivity index (χ1) is 16.2. The van der Waals surface area contributed by atoms with Gasteiger partial charge in [-0.05, 0) is 43.3 Å². The lowest BCUT2D eigenvalue weighted by Crippen LogP contribution is -2.30. The van der Waals surface area contributed by atoms with Crippen LogP contribution < -0.4 is 24.4 Å². The number of ether oxygens (including phenoxy) is 3. The molecule has 3 aromatic rings. The molecule has 0 atom stereocenters. The maximum atomic E-state index is 12.9. The molecule has 1 aliphatic heterocycles. The first-order valence-corrected chi connectivity index (χ1v) is 10.6. The molecule has 0 saturated heterocycles. The minimum atomic E-state index is -4.79. The van der Waals surface area contributed by atoms with Crippen molar-refractivity contribution >= 4 is 34.7 Å². The highest BCUT2D eigenvalue weighted by atomic mass is 35.5. The van der Waals surface area contributed by atoms with Gasteiger partial charge >= 0.3 is 6.36 Å². The highest BCUT2D eigenvalue weighted by Crippen LogP contribution is 2.41. The molecule has 178 valence electrons. The second-order valence-corrected chi connectivity index (χ2v) is 7.50. The molecule has 0 radical (unpaired) electrons. The van der Waals surface area contributed by atoms with Gasteiger partial charge in [0.1, 0.15) is 18.1 Å². The van der Waals surface area contributed by atoms with Crippen LogP contribution in [0.5, 0.6) is 17.2 Å². The topological polar surface area (TPSA) is 72.9 Å². The predicted molar refractivity (Wildman–Crippen MR) is 120 cm³/mol. The summed E-state index contributed by atoms with van der Waals surface area (Å²) in [5.41, 5.74) is 1.15. The lowest BCUT2D eigenvalue weighted by molar-refractivity contribution is -0.274. The van der Waals surface area contributed by atoms with Crippen LogP contribution in [0, 0.1) is 0 Å². The van der Waals surface area contributed by atoms with Gasteiger partial charge in [-0.1, -0.05) is 17.7 Å². The first-order valence-electron chi connectivity index (χ1n) is 10.2. The van der Waals surface area contributed by atoms with Gasteiger partial charge in [-0.3, -0.25) is 4.79 Å². The van der Waals surface area contributed by atoms with E-state index in [2.05, 4.69) is 15.0 Å². The molecule has 1 amide bonds. The molecule has 0 spiro atoms. The Labute approximate surface area is 198 Å². The van der Waals surface area contributed by atoms with Crippen molar-refractivity contribution in [2.75, 3.05) is 30.0 Å². The van der Waals surface area contributed by atoms with Crippen LogP contribution in [0.4, 0.5) is 30.4 Å². The van der Waals surface area contributed by atoms with Crippen LogP contribution in [-0.4, -0.2) is 37.0 Å². The van der Waals surface area contributed by atoms with Crippen LogP contribution in [0.2, 0.25) is 5.02 Å². The minimum Gasteiger partial charge on any atom is -0.492 e. The van der Waals surface area contributed by atoms with Crippen LogP contribution in [0.15, 0.2) is 54.7 Å². The van der Waals surface area contributed by atoms with Crippen molar-refractivity contribution < 1.29 is 32.2 Å². The highest BCUT2D eigenvalue weighted by molar-refractivity contribution is 6.33. The van der Waals surface area contributed by atoms with E-state index in [1.165, 1.54) is 12.1 Å². The second-order valence-electron chi connectivity index (χ2n) is 7.09. The third-order valence-corrected chi connectivity index (χ3v) is 5.08. The molecule has 11 heteroatoms. The van der Waals surface area contributed by atoms with E-state index in [-0.39, 0.29) is 17.9 Å². The number of carbonyl (C=O) groups is 1. The molecule has 1 aromatic heterocycles. The fraction of sp³-hybridized carbons (Fsp3) is 0.217. The number of aromatic nitrogens is 1. The van der Waals surface area contributed by atoms with Gasteiger partial charge in [-0.15, -0.1) is 13.2 Å². The number of halogens is 4. The van der Waals surface area contributed by atoms with Crippen molar-refractivity contribution in [1.82, 2.24) is 4.98 Å². The molecule has 0 unspecified atom stereocenters. The van der Waals surface area contributed by atoms with Crippen molar-refractivity contribution in [2.45, 2.75) is 13.3 Å². The summed E-state index contributed by atoms with van der Waals surface area (Å²) in [6, 6.07) is 11.6. The highest BCUT2D eigenvalue weighted by Gasteiger charge is 2.31. The largest absolute Gasteiger partial charge is 0.573 e. The molecule has 34 heavy (non-hydrogen) atoms. The van der Waals surface area contributed by atoms with Crippen molar-refractivity contribution in [3.63, 3.8) is 0 Å². The zero-order chi connectivity index (χ0) is 24.3. The Morgan fingerprint density at radius 2 is 1.97 bits per heavy atom. The molecule has 2 aromatic carbocycles. The lowest BCUT2D eigenvalue weighted by Gasteiger charge is -2.32. The number of alkyl halides is 3. The van der Waals surface area contributed by atoms with Crippen molar-refractivity contribution in [2.24, 2.45) is 0 Å². The number of benzene rings is 2. The van der Waals surface area contributed by atoms with Crippen LogP contribution >= 0.6 is 11.6 Å². The zero-order valence-corrected chi connectivity index (χ0v) is 18.6. The molecule has 2 heterocycles. The van der Waals surface area contributed by atoms with E-state index < -0.39 is 12.3 Å². The maximum Gasteiger partial charge on any atom is 0.573 e. The number of anilines is 3. The normalized spacial score (nSPS) is 13.0. The summed E-state index contributed by atoms with van der Waals surface area (Å²) in [7, 11) is 0. The van der Waals surface area contributed by atoms with Gasteiger partial charge < -0.3 is 24.4 Å². The van der Waals surface area contributed by atoms with Crippen LogP contribution in [0.3, 0.4) is 0 Å². The molecule has 0 fully saturated rings. The fourth-order valence-corrected chi connectivity index (χ4v) is 3.70. The number of rotatable bonds is 6. The van der Waals surface area contributed by atoms with Crippen LogP contribution in [0.1, 0.15) is 17.3 Å². The standard InChI is InChI=1S/C23H19ClF3N3O4/c1-2-32-16-12-18(24)21(28-13-16)30-10-11-33-20-17(4-3-5-19(20)30)22(31)29-14-6-8-15(9-7-14)34-23(25,26)27/h3-9,12-13H,2,10-11H2,1H3,(H,29,31). The first kappa shape index (κ1) is 23.5. The molecule has 0 aliphatic carbocycles. The van der Waals surface area contributed by atoms with Gasteiger partial charge in [0, 0.05) is 11.8 Å². The van der Waals surface area contributed by atoms with Gasteiger partial charge in [0.2, 0.25) is 0 Å². The summed E-state index contributed by atoms with van der Waals surface area (Å²) >= 11 is 6.44. The Kier molecular flexibility index (Phi) is 6.69. The number of pyridine rings is 1. The average Bonchev–Trinajstić information content (AvgIpc) is 2.79. The van der Waals surface area contributed by atoms with Crippen LogP contribution in [0.25, 0.3) is 0 Å². The van der Waals surface area contributed by atoms with Crippen molar-refractivity contribution in [3.05, 3.63) is 65.3 Å². The predicted octanol–water partition coefficient (Wildman–Crippen LogP) is 5.82. The van der Waals surface area contributed by atoms with E-state index in [0.717, 1.165) is 12.1 Å². The molecule has 0 saturated carbocycles. The summed E-state index contributed by atoms with van der Waals surface area (Å²) in [5, 5.41) is 3.04. The van der Waals surface area contributed by atoms with Gasteiger partial charge in [0.15, 0.2) is 11.6 Å². The molecule has 0 bridgehead atoms. The fourth-order valence-electron chi connectivity index (χ4n) is 3.44. The summed E-state index contributed by atoms with van der Waals surface area (Å²) < 4.78 is 52.1. The average molecular weight is 494 g/mol. The molecular formula is C23H19ClF3N3O4. The molecule has 1 N–H and O–H groups in total. The monoisotopic (exact) mass is 493 g/mol. The number of nitrogens with one attached hydrogen (secondary N) is 1. The van der Waals surface area contributed by atoms with E-state index in [9.17, 15) is 18.0 Å². The molecular weight excluding hydrogens is 475 g/mol. The molecule has 7 nitrogen and oxygen atoms in total. The quantitative estimate of drug-likeness (QED) is 0.467. The van der Waals surface area contributed by atoms with E-state index >= 15 is 0 Å². The Hall–Kier alpha value is -3.66. The number of hydrogen-bond donors (Lipinski definition) is 1. The number of para-hydroxylation sites is 1. The number of amides is 1. The third kappa shape index (κ3) is 5.28. The maximum absolute atomic E-state index is 12.9. The molecule has 4 rings (SSSR count). The lowest BCUT2D eigenvalue weighted by atomic mass is 10.1. The van der Waals surface area contributed by atoms with E-state index in [4.69, 9.17) is 21.1 Å². The van der Waals surface area contributed by atoms with Crippen molar-refractivity contribution in [1.29, 1.82) is 0 Å². The third-order valence-electron chi connectivity index (χ3n) is 4.80. The Balaban J connectivity index is 1.57. The SMILES string of the molecule is CCOc1cnc(N2CCOc3c(C(=O)Nc4ccc(OC(F)(F)F)cc4)cccc32)c(Cl)c1. The Morgan fingerprint density at radius 3 is 2.65 bits per heavy atom. The van der Waals surface area contributed by atoms with E-state index in [1.807, 2.05) is 11.8 Å². The van der Waals surface area contributed by atoms with Gasteiger partial charge in [0.05, 0.1) is 35.6 Å². The summed E-state index contributed by atoms with van der Waals surface area (Å²) in [6.45, 7) is 3.08. The minimum absolute atomic E-state index is 0.250. The van der Waals surface area contributed by atoms with E-state index in [0.29, 0.717) is 46.9 Å². The smallest absolute Gasteiger partial charge is 0.492 e. The van der Waals surface area contributed by atoms with Gasteiger partial charge in [-0.2, -0.15) is 0 Å². The van der Waals surface area contributed by atoms with Crippen LogP contribution in [-0.2, 0) is 0 Å². The number of nitrogens with zero attached hydrogens (tertiary/aromatic N) is 2. The van der Waals surface area contributed by atoms with Crippen molar-refractivity contribution in [3.8, 4) is 17.2 Å². The number of carbonyl (C=O) groups excluding carboxylic acids is 1. The summed E-state index contributed by atoms with van der Waals surface area (Å²) in [5.74, 6) is 0.502. The van der Waals surface area contributed by atoms with E-state index in [1.54, 1.807) is 30.5 Å². The van der Waals surface area contributed by atoms with Gasteiger partial charge in [-0.25, -0.2) is 4.98 Å². The van der Waals surface area contributed by atoms with Gasteiger partial charge in [0.25, 0.3) is 5.91 Å². The number of fused-ring (bicyclic) bond motifs is 1.